The third kappa shape index (κ3) is 12.0. The Morgan fingerprint density at radius 3 is 1.44 bits per heavy atom. The van der Waals surface area contributed by atoms with Gasteiger partial charge in [-0.2, -0.15) is 0 Å². The maximum atomic E-state index is 3.82. The zero-order valence-electron chi connectivity index (χ0n) is 15.5. The van der Waals surface area contributed by atoms with Gasteiger partial charge in [-0.15, -0.1) is 0 Å². The zero-order valence-corrected chi connectivity index (χ0v) is 15.5. The van der Waals surface area contributed by atoms with E-state index >= 15 is 0 Å². The lowest BCUT2D eigenvalue weighted by molar-refractivity contribution is 1.51. The molecule has 130 valence electrons. The maximum Gasteiger partial charge on any atom is -0.0124 e. The quantitative estimate of drug-likeness (QED) is 0.450. The van der Waals surface area contributed by atoms with E-state index in [-0.39, 0.29) is 0 Å². The number of benzene rings is 1. The van der Waals surface area contributed by atoms with Crippen LogP contribution in [0.2, 0.25) is 0 Å². The van der Waals surface area contributed by atoms with Crippen molar-refractivity contribution in [1.29, 1.82) is 0 Å². The van der Waals surface area contributed by atoms with Crippen molar-refractivity contribution in [3.05, 3.63) is 141 Å². The molecule has 0 spiro atoms. The Morgan fingerprint density at radius 2 is 1.20 bits per heavy atom. The molecule has 25 heavy (non-hydrogen) atoms. The molecule has 1 aromatic rings. The molecule has 0 aliphatic carbocycles. The summed E-state index contributed by atoms with van der Waals surface area (Å²) in [6, 6.07) is 10.0. The Balaban J connectivity index is 0. The van der Waals surface area contributed by atoms with Crippen LogP contribution in [-0.2, 0) is 0 Å². The van der Waals surface area contributed by atoms with Crippen LogP contribution in [0.15, 0.2) is 136 Å². The second-order valence-electron chi connectivity index (χ2n) is 4.88. The molecule has 1 rings (SSSR count). The molecule has 1 aromatic carbocycles. The molecular formula is C25H30. The Kier molecular flexibility index (Phi) is 15.2. The lowest BCUT2D eigenvalue weighted by Crippen LogP contribution is -1.84. The van der Waals surface area contributed by atoms with Gasteiger partial charge >= 0.3 is 0 Å². The number of allylic oxidation sites excluding steroid dienone is 9. The standard InChI is InChI=1S/C12H14.C8H8.C5H8/c1-6-10(5)12(9-4)11(7-2)8-3;1-2-8-6-4-3-5-7-8;1-4-5(2)3/h6-9H,1-5H2;2-7H,1H2;4H,1-2H2,3H3. The molecule has 0 heteroatoms. The largest absolute Gasteiger partial charge is 0.0988 e. The van der Waals surface area contributed by atoms with E-state index < -0.39 is 0 Å². The lowest BCUT2D eigenvalue weighted by Gasteiger charge is -2.03. The van der Waals surface area contributed by atoms with Crippen molar-refractivity contribution in [2.24, 2.45) is 0 Å². The first-order valence-electron chi connectivity index (χ1n) is 7.80. The summed E-state index contributed by atoms with van der Waals surface area (Å²) in [7, 11) is 0. The number of hydrogen-bond acceptors (Lipinski definition) is 0. The van der Waals surface area contributed by atoms with Crippen LogP contribution in [0.4, 0.5) is 0 Å². The van der Waals surface area contributed by atoms with E-state index in [1.807, 2.05) is 43.3 Å². The molecule has 0 atom stereocenters. The summed E-state index contributed by atoms with van der Waals surface area (Å²) in [6.45, 7) is 31.0. The summed E-state index contributed by atoms with van der Waals surface area (Å²) < 4.78 is 0. The van der Waals surface area contributed by atoms with Gasteiger partial charge in [0.05, 0.1) is 0 Å². The van der Waals surface area contributed by atoms with Gasteiger partial charge in [-0.25, -0.2) is 0 Å². The van der Waals surface area contributed by atoms with Crippen LogP contribution in [0.25, 0.3) is 6.08 Å². The molecular weight excluding hydrogens is 300 g/mol. The second-order valence-corrected chi connectivity index (χ2v) is 4.88. The molecule has 0 radical (unpaired) electrons. The third-order valence-corrected chi connectivity index (χ3v) is 2.93. The number of rotatable bonds is 7. The smallest absolute Gasteiger partial charge is 0.0124 e. The highest BCUT2D eigenvalue weighted by molar-refractivity contribution is 5.52. The van der Waals surface area contributed by atoms with E-state index in [4.69, 9.17) is 0 Å². The van der Waals surface area contributed by atoms with E-state index in [9.17, 15) is 0 Å². The first-order chi connectivity index (χ1) is 11.9. The summed E-state index contributed by atoms with van der Waals surface area (Å²) >= 11 is 0. The molecule has 0 aliphatic rings. The lowest BCUT2D eigenvalue weighted by atomic mass is 10.0. The van der Waals surface area contributed by atoms with Gasteiger partial charge in [0.1, 0.15) is 0 Å². The maximum absolute atomic E-state index is 3.82. The minimum absolute atomic E-state index is 0.833. The Morgan fingerprint density at radius 1 is 0.720 bits per heavy atom. The molecule has 0 saturated carbocycles. The second kappa shape index (κ2) is 15.8. The Labute approximate surface area is 154 Å². The fourth-order valence-corrected chi connectivity index (χ4v) is 1.44. The highest BCUT2D eigenvalue weighted by atomic mass is 14.0. The average Bonchev–Trinajstić information content (AvgIpc) is 2.66. The summed E-state index contributed by atoms with van der Waals surface area (Å²) in [5, 5.41) is 0. The van der Waals surface area contributed by atoms with Crippen LogP contribution in [0.3, 0.4) is 0 Å². The van der Waals surface area contributed by atoms with Crippen molar-refractivity contribution < 1.29 is 0 Å². The third-order valence-electron chi connectivity index (χ3n) is 2.93. The van der Waals surface area contributed by atoms with Gasteiger partial charge < -0.3 is 0 Å². The van der Waals surface area contributed by atoms with Crippen LogP contribution < -0.4 is 0 Å². The highest BCUT2D eigenvalue weighted by Gasteiger charge is 1.97. The van der Waals surface area contributed by atoms with Crippen molar-refractivity contribution in [3.8, 4) is 0 Å². The van der Waals surface area contributed by atoms with Crippen molar-refractivity contribution in [2.75, 3.05) is 0 Å². The molecule has 0 fully saturated rings. The summed E-state index contributed by atoms with van der Waals surface area (Å²) in [5.41, 5.74) is 4.88. The molecule has 0 N–H and O–H groups in total. The molecule has 0 nitrogen and oxygen atoms in total. The van der Waals surface area contributed by atoms with Crippen molar-refractivity contribution in [3.63, 3.8) is 0 Å². The van der Waals surface area contributed by atoms with Gasteiger partial charge in [-0.3, -0.25) is 0 Å². The normalized spacial score (nSPS) is 7.88. The number of hydrogen-bond donors (Lipinski definition) is 0. The van der Waals surface area contributed by atoms with E-state index in [1.165, 1.54) is 5.56 Å². The topological polar surface area (TPSA) is 0 Å². The zero-order chi connectivity index (χ0) is 19.7. The predicted molar refractivity (Wildman–Crippen MR) is 118 cm³/mol. The monoisotopic (exact) mass is 330 g/mol. The van der Waals surface area contributed by atoms with Crippen molar-refractivity contribution >= 4 is 6.08 Å². The minimum Gasteiger partial charge on any atom is -0.0988 e. The molecule has 0 bridgehead atoms. The molecule has 0 aliphatic heterocycles. The van der Waals surface area contributed by atoms with Gasteiger partial charge in [-0.1, -0.05) is 125 Å². The first-order valence-corrected chi connectivity index (χ1v) is 7.80. The van der Waals surface area contributed by atoms with Crippen molar-refractivity contribution in [2.45, 2.75) is 6.92 Å². The van der Waals surface area contributed by atoms with Crippen LogP contribution in [-0.4, -0.2) is 0 Å². The van der Waals surface area contributed by atoms with E-state index in [0.29, 0.717) is 0 Å². The molecule has 0 amide bonds. The fourth-order valence-electron chi connectivity index (χ4n) is 1.44. The van der Waals surface area contributed by atoms with Gasteiger partial charge in [0.15, 0.2) is 0 Å². The fraction of sp³-hybridized carbons (Fsp3) is 0.0400. The van der Waals surface area contributed by atoms with Crippen molar-refractivity contribution in [1.82, 2.24) is 0 Å². The SMILES string of the molecule is C=CC(=C)C.C=CC(=C)C(C=C)=C(C=C)C=C.C=Cc1ccccc1. The minimum atomic E-state index is 0.833. The predicted octanol–water partition coefficient (Wildman–Crippen LogP) is 7.66. The summed E-state index contributed by atoms with van der Waals surface area (Å²) in [5.74, 6) is 0. The van der Waals surface area contributed by atoms with E-state index in [2.05, 4.69) is 52.6 Å². The first kappa shape index (κ1) is 24.1. The van der Waals surface area contributed by atoms with Gasteiger partial charge in [-0.05, 0) is 29.2 Å². The summed E-state index contributed by atoms with van der Waals surface area (Å²) in [4.78, 5) is 0. The summed E-state index contributed by atoms with van der Waals surface area (Å²) in [6.07, 6.45) is 10.4. The molecule has 0 heterocycles. The molecule has 0 aromatic heterocycles. The average molecular weight is 331 g/mol. The van der Waals surface area contributed by atoms with Gasteiger partial charge in [0.2, 0.25) is 0 Å². The molecule has 0 unspecified atom stereocenters. The highest BCUT2D eigenvalue weighted by Crippen LogP contribution is 2.16. The van der Waals surface area contributed by atoms with E-state index in [0.717, 1.165) is 22.3 Å². The Hall–Kier alpha value is -3.12. The van der Waals surface area contributed by atoms with Crippen LogP contribution >= 0.6 is 0 Å². The molecule has 0 saturated heterocycles. The van der Waals surface area contributed by atoms with Crippen LogP contribution in [0, 0.1) is 0 Å². The van der Waals surface area contributed by atoms with Gasteiger partial charge in [0.25, 0.3) is 0 Å². The van der Waals surface area contributed by atoms with Crippen LogP contribution in [0.5, 0.6) is 0 Å². The van der Waals surface area contributed by atoms with E-state index in [1.54, 1.807) is 30.4 Å². The van der Waals surface area contributed by atoms with Crippen LogP contribution in [0.1, 0.15) is 12.5 Å². The van der Waals surface area contributed by atoms with Gasteiger partial charge in [0, 0.05) is 0 Å². The Bertz CT molecular complexity index is 639.